The van der Waals surface area contributed by atoms with Crippen LogP contribution in [0.3, 0.4) is 0 Å². The van der Waals surface area contributed by atoms with Crippen molar-refractivity contribution in [1.82, 2.24) is 10.2 Å². The lowest BCUT2D eigenvalue weighted by atomic mass is 9.92. The van der Waals surface area contributed by atoms with Crippen LogP contribution in [-0.2, 0) is 4.79 Å². The Balaban J connectivity index is 2.07. The summed E-state index contributed by atoms with van der Waals surface area (Å²) in [4.78, 5) is 13.4. The van der Waals surface area contributed by atoms with Gasteiger partial charge < -0.3 is 20.6 Å². The van der Waals surface area contributed by atoms with E-state index in [1.54, 1.807) is 11.8 Å². The maximum Gasteiger partial charge on any atom is 0.220 e. The molecule has 4 atom stereocenters. The van der Waals surface area contributed by atoms with Crippen molar-refractivity contribution in [2.75, 3.05) is 19.7 Å². The molecule has 2 rings (SSSR count). The third-order valence-electron chi connectivity index (χ3n) is 4.20. The van der Waals surface area contributed by atoms with Gasteiger partial charge in [0.25, 0.3) is 0 Å². The van der Waals surface area contributed by atoms with Gasteiger partial charge in [-0.25, -0.2) is 0 Å². The van der Waals surface area contributed by atoms with E-state index < -0.39 is 24.3 Å². The van der Waals surface area contributed by atoms with Crippen molar-refractivity contribution in [3.63, 3.8) is 0 Å². The molecule has 6 nitrogen and oxygen atoms in total. The summed E-state index contributed by atoms with van der Waals surface area (Å²) < 4.78 is 0. The van der Waals surface area contributed by atoms with Gasteiger partial charge in [0.05, 0.1) is 31.3 Å². The molecule has 0 unspecified atom stereocenters. The van der Waals surface area contributed by atoms with Crippen molar-refractivity contribution in [2.45, 2.75) is 37.6 Å². The summed E-state index contributed by atoms with van der Waals surface area (Å²) in [5, 5.41) is 32.6. The Kier molecular flexibility index (Phi) is 6.76. The minimum atomic E-state index is -1.15. The second-order valence-electron chi connectivity index (χ2n) is 5.86. The van der Waals surface area contributed by atoms with Gasteiger partial charge in [-0.1, -0.05) is 37.0 Å². The average molecular weight is 332 g/mol. The highest BCUT2D eigenvalue weighted by atomic mass is 16.3. The predicted octanol–water partition coefficient (Wildman–Crippen LogP) is -0.669. The third kappa shape index (κ3) is 4.56. The molecule has 0 spiro atoms. The molecular formula is C18H24N2O4. The molecule has 1 aromatic carbocycles. The van der Waals surface area contributed by atoms with Gasteiger partial charge in [-0.15, -0.1) is 0 Å². The third-order valence-corrected chi connectivity index (χ3v) is 4.20. The Morgan fingerprint density at radius 2 is 2.00 bits per heavy atom. The number of piperidine rings is 1. The first-order valence-corrected chi connectivity index (χ1v) is 8.11. The number of aliphatic hydroxyl groups is 3. The van der Waals surface area contributed by atoms with E-state index in [4.69, 9.17) is 0 Å². The summed E-state index contributed by atoms with van der Waals surface area (Å²) in [5.74, 6) is 5.85. The van der Waals surface area contributed by atoms with Gasteiger partial charge in [0.1, 0.15) is 6.10 Å². The van der Waals surface area contributed by atoms with Crippen molar-refractivity contribution in [2.24, 2.45) is 0 Å². The number of amides is 1. The molecule has 1 aromatic rings. The van der Waals surface area contributed by atoms with Crippen molar-refractivity contribution in [3.05, 3.63) is 35.9 Å². The maximum absolute atomic E-state index is 11.6. The van der Waals surface area contributed by atoms with E-state index >= 15 is 0 Å². The molecule has 0 aliphatic carbocycles. The number of nitrogens with one attached hydrogen (secondary N) is 1. The first-order chi connectivity index (χ1) is 11.6. The van der Waals surface area contributed by atoms with E-state index in [1.807, 2.05) is 30.3 Å². The number of rotatable bonds is 4. The lowest BCUT2D eigenvalue weighted by molar-refractivity contribution is -0.129. The Morgan fingerprint density at radius 1 is 1.29 bits per heavy atom. The standard InChI is InChI=1S/C18H24N2O4/c1-2-16(22)19-14-11-20(15(12-21)18(24)17(14)23)10-6-9-13-7-4-3-5-8-13/h3-5,7-8,14-15,17-18,21,23-24H,2,10-12H2,1H3,(H,19,22)/t14-,15+,17+,18+/m0/s1. The predicted molar refractivity (Wildman–Crippen MR) is 90.0 cm³/mol. The molecule has 1 fully saturated rings. The molecule has 4 N–H and O–H groups in total. The first-order valence-electron chi connectivity index (χ1n) is 8.11. The zero-order valence-electron chi connectivity index (χ0n) is 13.7. The highest BCUT2D eigenvalue weighted by Gasteiger charge is 2.41. The van der Waals surface area contributed by atoms with Crippen LogP contribution in [0.5, 0.6) is 0 Å². The van der Waals surface area contributed by atoms with Gasteiger partial charge in [-0.2, -0.15) is 0 Å². The molecule has 6 heteroatoms. The lowest BCUT2D eigenvalue weighted by Crippen LogP contribution is -2.66. The van der Waals surface area contributed by atoms with E-state index in [9.17, 15) is 20.1 Å². The number of hydrogen-bond donors (Lipinski definition) is 4. The lowest BCUT2D eigenvalue weighted by Gasteiger charge is -2.44. The molecule has 1 heterocycles. The van der Waals surface area contributed by atoms with E-state index in [1.165, 1.54) is 0 Å². The second kappa shape index (κ2) is 8.81. The van der Waals surface area contributed by atoms with E-state index in [2.05, 4.69) is 17.2 Å². The minimum absolute atomic E-state index is 0.191. The molecule has 24 heavy (non-hydrogen) atoms. The van der Waals surface area contributed by atoms with Gasteiger partial charge in [-0.3, -0.25) is 9.69 Å². The topological polar surface area (TPSA) is 93.0 Å². The van der Waals surface area contributed by atoms with Crippen LogP contribution in [0.2, 0.25) is 0 Å². The Labute approximate surface area is 142 Å². The monoisotopic (exact) mass is 332 g/mol. The highest BCUT2D eigenvalue weighted by molar-refractivity contribution is 5.76. The van der Waals surface area contributed by atoms with Crippen molar-refractivity contribution >= 4 is 5.91 Å². The smallest absolute Gasteiger partial charge is 0.220 e. The average Bonchev–Trinajstić information content (AvgIpc) is 2.60. The van der Waals surface area contributed by atoms with Crippen LogP contribution < -0.4 is 5.32 Å². The normalized spacial score (nSPS) is 27.2. The molecule has 0 bridgehead atoms. The molecule has 130 valence electrons. The second-order valence-corrected chi connectivity index (χ2v) is 5.86. The Morgan fingerprint density at radius 3 is 2.62 bits per heavy atom. The SMILES string of the molecule is CCC(=O)N[C@H]1CN(CC#Cc2ccccc2)[C@H](CO)[C@@H](O)[C@@H]1O. The van der Waals surface area contributed by atoms with E-state index in [0.717, 1.165) is 5.56 Å². The minimum Gasteiger partial charge on any atom is -0.395 e. The van der Waals surface area contributed by atoms with Gasteiger partial charge in [0.15, 0.2) is 0 Å². The molecule has 1 amide bonds. The van der Waals surface area contributed by atoms with Crippen LogP contribution in [0.15, 0.2) is 30.3 Å². The Hall–Kier alpha value is -1.91. The van der Waals surface area contributed by atoms with Crippen LogP contribution in [0, 0.1) is 11.8 Å². The van der Waals surface area contributed by atoms with E-state index in [0.29, 0.717) is 19.5 Å². The summed E-state index contributed by atoms with van der Waals surface area (Å²) in [5.41, 5.74) is 0.881. The molecule has 1 aliphatic heterocycles. The van der Waals surface area contributed by atoms with Crippen molar-refractivity contribution in [3.8, 4) is 11.8 Å². The molecule has 1 saturated heterocycles. The molecular weight excluding hydrogens is 308 g/mol. The fraction of sp³-hybridized carbons (Fsp3) is 0.500. The van der Waals surface area contributed by atoms with Gasteiger partial charge in [-0.05, 0) is 12.1 Å². The fourth-order valence-electron chi connectivity index (χ4n) is 2.79. The summed E-state index contributed by atoms with van der Waals surface area (Å²) in [6.07, 6.45) is -1.96. The van der Waals surface area contributed by atoms with Crippen LogP contribution in [-0.4, -0.2) is 70.1 Å². The fourth-order valence-corrected chi connectivity index (χ4v) is 2.79. The largest absolute Gasteiger partial charge is 0.395 e. The van der Waals surface area contributed by atoms with E-state index in [-0.39, 0.29) is 12.5 Å². The number of aliphatic hydroxyl groups excluding tert-OH is 3. The maximum atomic E-state index is 11.6. The summed E-state index contributed by atoms with van der Waals surface area (Å²) in [6.45, 7) is 2.07. The van der Waals surface area contributed by atoms with Crippen molar-refractivity contribution < 1.29 is 20.1 Å². The number of hydrogen-bond acceptors (Lipinski definition) is 5. The van der Waals surface area contributed by atoms with Crippen molar-refractivity contribution in [1.29, 1.82) is 0 Å². The summed E-state index contributed by atoms with van der Waals surface area (Å²) in [6, 6.07) is 8.31. The first kappa shape index (κ1) is 18.4. The molecule has 0 aromatic heterocycles. The molecule has 0 saturated carbocycles. The number of nitrogens with zero attached hydrogens (tertiary/aromatic N) is 1. The van der Waals surface area contributed by atoms with Crippen LogP contribution >= 0.6 is 0 Å². The molecule has 1 aliphatic rings. The van der Waals surface area contributed by atoms with Gasteiger partial charge >= 0.3 is 0 Å². The summed E-state index contributed by atoms with van der Waals surface area (Å²) in [7, 11) is 0. The zero-order valence-corrected chi connectivity index (χ0v) is 13.7. The number of carbonyl (C=O) groups excluding carboxylic acids is 1. The van der Waals surface area contributed by atoms with Crippen LogP contribution in [0.1, 0.15) is 18.9 Å². The highest BCUT2D eigenvalue weighted by Crippen LogP contribution is 2.18. The quantitative estimate of drug-likeness (QED) is 0.549. The van der Waals surface area contributed by atoms with Crippen LogP contribution in [0.25, 0.3) is 0 Å². The number of benzene rings is 1. The molecule has 0 radical (unpaired) electrons. The number of likely N-dealkylation sites (tertiary alicyclic amines) is 1. The van der Waals surface area contributed by atoms with Gasteiger partial charge in [0.2, 0.25) is 5.91 Å². The number of carbonyl (C=O) groups is 1. The summed E-state index contributed by atoms with van der Waals surface area (Å²) >= 11 is 0. The van der Waals surface area contributed by atoms with Gasteiger partial charge in [0, 0.05) is 18.5 Å². The Bertz CT molecular complexity index is 596. The zero-order chi connectivity index (χ0) is 17.5. The van der Waals surface area contributed by atoms with Crippen LogP contribution in [0.4, 0.5) is 0 Å².